The molecule has 8 aromatic rings. The molecule has 0 amide bonds. The van der Waals surface area contributed by atoms with Crippen LogP contribution in [-0.4, -0.2) is 184 Å². The van der Waals surface area contributed by atoms with E-state index in [0.29, 0.717) is 112 Å². The lowest BCUT2D eigenvalue weighted by molar-refractivity contribution is -0.127. The van der Waals surface area contributed by atoms with Crippen LogP contribution in [0.25, 0.3) is 34.0 Å². The summed E-state index contributed by atoms with van der Waals surface area (Å²) in [6, 6.07) is 13.8. The fraction of sp³-hybridized carbons (Fsp3) is 0.422. The van der Waals surface area contributed by atoms with E-state index in [1.807, 2.05) is 14.7 Å². The standard InChI is InChI=1S/C20H21F2N7O2.C15H13ClF2N6O.C7H8Cl2N4O.C3Cl3N3/c21-15(22)16-23-13-3-1-2-4-14(13)29(16)19-25-17(27-5-7-30-8-6-27)24-18(26-19)28-9-20(10-28)11-31-12-20;16-13-20-14(23-5-7-25-8-6-23)22-15(21-13)24-10-4-2-1-3-9(10)19-12(24)11(17)18;8-5-10-6(9)12-7(11-5)13-1-3-14-4-2-13;4-1-7-2(5)9-3(6)8-1/h1-4,15H,5-12H2;1-4,11H,5-8H2;1-4H2;. The van der Waals surface area contributed by atoms with Crippen molar-refractivity contribution < 1.29 is 36.5 Å². The maximum Gasteiger partial charge on any atom is 0.296 e. The number of benzene rings is 2. The number of alkyl halides is 4. The Hall–Kier alpha value is -6.08. The van der Waals surface area contributed by atoms with E-state index in [1.165, 1.54) is 9.13 Å². The second-order valence-corrected chi connectivity index (χ2v) is 19.6. The first kappa shape index (κ1) is 56.2. The number of halogens is 10. The monoisotopic (exact) mass is 1210 g/mol. The third kappa shape index (κ3) is 13.4. The minimum atomic E-state index is -2.78. The molecular formula is C45H42Cl6F4N20O4. The highest BCUT2D eigenvalue weighted by molar-refractivity contribution is 6.33. The number of aromatic nitrogens is 16. The highest BCUT2D eigenvalue weighted by atomic mass is 35.5. The molecule has 34 heteroatoms. The predicted molar refractivity (Wildman–Crippen MR) is 283 cm³/mol. The Labute approximate surface area is 475 Å². The Morgan fingerprint density at radius 3 is 1.05 bits per heavy atom. The minimum Gasteiger partial charge on any atom is -0.380 e. The molecule has 79 heavy (non-hydrogen) atoms. The number of fused-ring (bicyclic) bond motifs is 2. The Morgan fingerprint density at radius 2 is 0.671 bits per heavy atom. The van der Waals surface area contributed by atoms with E-state index in [0.717, 1.165) is 39.4 Å². The van der Waals surface area contributed by atoms with Crippen molar-refractivity contribution in [3.8, 4) is 11.9 Å². The second-order valence-electron chi connectivity index (χ2n) is 17.6. The van der Waals surface area contributed by atoms with Gasteiger partial charge in [0.25, 0.3) is 12.9 Å². The van der Waals surface area contributed by atoms with Crippen LogP contribution in [0.3, 0.4) is 0 Å². The van der Waals surface area contributed by atoms with Crippen molar-refractivity contribution in [3.63, 3.8) is 0 Å². The van der Waals surface area contributed by atoms with Gasteiger partial charge in [-0.1, -0.05) is 24.3 Å². The quantitative estimate of drug-likeness (QED) is 0.136. The largest absolute Gasteiger partial charge is 0.380 e. The molecule has 0 N–H and O–H groups in total. The highest BCUT2D eigenvalue weighted by Gasteiger charge is 2.50. The lowest BCUT2D eigenvalue weighted by Gasteiger charge is -2.54. The third-order valence-corrected chi connectivity index (χ3v) is 13.3. The van der Waals surface area contributed by atoms with Crippen molar-refractivity contribution in [1.82, 2.24) is 78.9 Å². The number of morpholine rings is 3. The van der Waals surface area contributed by atoms with Crippen LogP contribution >= 0.6 is 69.6 Å². The molecule has 5 aliphatic rings. The summed E-state index contributed by atoms with van der Waals surface area (Å²) >= 11 is 33.3. The predicted octanol–water partition coefficient (Wildman–Crippen LogP) is 7.31. The first-order chi connectivity index (χ1) is 38.2. The summed E-state index contributed by atoms with van der Waals surface area (Å²) < 4.78 is 78.6. The Balaban J connectivity index is 0.000000130. The van der Waals surface area contributed by atoms with Crippen molar-refractivity contribution in [2.24, 2.45) is 5.41 Å². The van der Waals surface area contributed by atoms with E-state index in [-0.39, 0.29) is 54.8 Å². The van der Waals surface area contributed by atoms with Gasteiger partial charge in [-0.2, -0.15) is 59.8 Å². The van der Waals surface area contributed by atoms with Crippen molar-refractivity contribution in [1.29, 1.82) is 0 Å². The molecule has 0 bridgehead atoms. The van der Waals surface area contributed by atoms with Crippen LogP contribution in [0.1, 0.15) is 24.5 Å². The average molecular weight is 1220 g/mol. The molecule has 0 unspecified atom stereocenters. The van der Waals surface area contributed by atoms with E-state index in [2.05, 4.69) is 74.7 Å². The summed E-state index contributed by atoms with van der Waals surface area (Å²) in [4.78, 5) is 64.4. The smallest absolute Gasteiger partial charge is 0.296 e. The van der Waals surface area contributed by atoms with Crippen molar-refractivity contribution in [2.45, 2.75) is 12.9 Å². The number of hydrogen-bond donors (Lipinski definition) is 0. The molecule has 5 saturated heterocycles. The van der Waals surface area contributed by atoms with Gasteiger partial charge in [-0.15, -0.1) is 0 Å². The second kappa shape index (κ2) is 25.2. The molecule has 0 atom stereocenters. The molecule has 6 aromatic heterocycles. The lowest BCUT2D eigenvalue weighted by atomic mass is 9.78. The van der Waals surface area contributed by atoms with Gasteiger partial charge in [0.05, 0.1) is 80.3 Å². The summed E-state index contributed by atoms with van der Waals surface area (Å²) in [7, 11) is 0. The van der Waals surface area contributed by atoms with E-state index >= 15 is 0 Å². The first-order valence-electron chi connectivity index (χ1n) is 24.0. The highest BCUT2D eigenvalue weighted by Crippen LogP contribution is 2.40. The zero-order valence-corrected chi connectivity index (χ0v) is 45.5. The first-order valence-corrected chi connectivity index (χ1v) is 26.3. The molecule has 5 aliphatic heterocycles. The topological polar surface area (TPSA) is 240 Å². The number of nitrogens with zero attached hydrogens (tertiary/aromatic N) is 20. The van der Waals surface area contributed by atoms with E-state index < -0.39 is 18.7 Å². The Morgan fingerprint density at radius 1 is 0.367 bits per heavy atom. The number of anilines is 4. The van der Waals surface area contributed by atoms with Gasteiger partial charge in [-0.25, -0.2) is 27.5 Å². The normalized spacial score (nSPS) is 17.0. The summed E-state index contributed by atoms with van der Waals surface area (Å²) in [6.07, 6.45) is -5.55. The van der Waals surface area contributed by atoms with Crippen molar-refractivity contribution in [2.75, 3.05) is 125 Å². The number of para-hydroxylation sites is 4. The fourth-order valence-corrected chi connectivity index (χ4v) is 9.74. The van der Waals surface area contributed by atoms with Crippen LogP contribution in [0.2, 0.25) is 31.7 Å². The van der Waals surface area contributed by atoms with Crippen LogP contribution < -0.4 is 19.6 Å². The summed E-state index contributed by atoms with van der Waals surface area (Å²) in [6.45, 7) is 10.5. The van der Waals surface area contributed by atoms with Crippen LogP contribution in [0, 0.1) is 5.41 Å². The zero-order chi connectivity index (χ0) is 55.2. The number of hydrogen-bond acceptors (Lipinski definition) is 22. The average Bonchev–Trinajstić information content (AvgIpc) is 4.04. The van der Waals surface area contributed by atoms with Gasteiger partial charge >= 0.3 is 0 Å². The molecule has 24 nitrogen and oxygen atoms in total. The van der Waals surface area contributed by atoms with Crippen LogP contribution in [0.4, 0.5) is 41.4 Å². The van der Waals surface area contributed by atoms with Gasteiger partial charge in [0, 0.05) is 52.4 Å². The zero-order valence-electron chi connectivity index (χ0n) is 40.9. The molecule has 11 heterocycles. The molecule has 0 radical (unpaired) electrons. The van der Waals surface area contributed by atoms with E-state index in [1.54, 1.807) is 48.5 Å². The third-order valence-electron chi connectivity index (χ3n) is 12.3. The van der Waals surface area contributed by atoms with Gasteiger partial charge in [-0.05, 0) is 93.9 Å². The van der Waals surface area contributed by atoms with Gasteiger partial charge in [0.2, 0.25) is 67.4 Å². The summed E-state index contributed by atoms with van der Waals surface area (Å²) in [5.74, 6) is 1.16. The molecule has 416 valence electrons. The summed E-state index contributed by atoms with van der Waals surface area (Å²) in [5.41, 5.74) is 2.09. The Bertz CT molecular complexity index is 3330. The van der Waals surface area contributed by atoms with Crippen molar-refractivity contribution >= 4 is 115 Å². The molecule has 5 fully saturated rings. The van der Waals surface area contributed by atoms with Crippen LogP contribution in [0.5, 0.6) is 0 Å². The Kier molecular flexibility index (Phi) is 17.9. The number of imidazole rings is 2. The van der Waals surface area contributed by atoms with E-state index in [4.69, 9.17) is 88.6 Å². The van der Waals surface area contributed by atoms with Gasteiger partial charge in [0.1, 0.15) is 0 Å². The molecule has 1 spiro atoms. The maximum absolute atomic E-state index is 13.9. The van der Waals surface area contributed by atoms with Crippen LogP contribution in [-0.2, 0) is 18.9 Å². The van der Waals surface area contributed by atoms with E-state index in [9.17, 15) is 17.6 Å². The van der Waals surface area contributed by atoms with Crippen LogP contribution in [0.15, 0.2) is 48.5 Å². The molecule has 13 rings (SSSR count). The molecule has 0 aliphatic carbocycles. The number of rotatable bonds is 8. The maximum atomic E-state index is 13.9. The van der Waals surface area contributed by atoms with Gasteiger partial charge in [0.15, 0.2) is 11.6 Å². The summed E-state index contributed by atoms with van der Waals surface area (Å²) in [5, 5.41) is 0.169. The molecule has 2 aromatic carbocycles. The fourth-order valence-electron chi connectivity index (χ4n) is 8.63. The lowest BCUT2D eigenvalue weighted by Crippen LogP contribution is -2.66. The SMILES string of the molecule is Clc1nc(Cl)nc(Cl)n1.Clc1nc(Cl)nc(N2CCOCC2)n1.FC(F)c1nc2ccccc2n1-c1nc(Cl)nc(N2CCOCC2)n1.FC(F)c1nc2ccccc2n1-c1nc(N2CCOCC2)nc(N2CC3(COC3)C2)n1. The number of ether oxygens (including phenoxy) is 4. The molecular weight excluding hydrogens is 1170 g/mol. The molecule has 0 saturated carbocycles. The van der Waals surface area contributed by atoms with Gasteiger partial charge < -0.3 is 38.5 Å². The van der Waals surface area contributed by atoms with Gasteiger partial charge in [-0.3, -0.25) is 9.13 Å². The minimum absolute atomic E-state index is 0.000000000000000444. The van der Waals surface area contributed by atoms with Crippen molar-refractivity contribution in [3.05, 3.63) is 91.9 Å².